The van der Waals surface area contributed by atoms with Gasteiger partial charge in [-0.05, 0) is 43.0 Å². The molecule has 1 spiro atoms. The number of anilines is 2. The number of urea groups is 1. The zero-order chi connectivity index (χ0) is 36.1. The number of benzene rings is 2. The zero-order valence-electron chi connectivity index (χ0n) is 29.1. The monoisotopic (exact) mass is 740 g/mol. The Morgan fingerprint density at radius 1 is 1.04 bits per heavy atom. The Bertz CT molecular complexity index is 2280. The molecule has 0 bridgehead atoms. The quantitative estimate of drug-likeness (QED) is 0.181. The number of pyridine rings is 2. The average Bonchev–Trinajstić information content (AvgIpc) is 3.85. The number of nitrogens with zero attached hydrogens (tertiary/aromatic N) is 6. The summed E-state index contributed by atoms with van der Waals surface area (Å²) in [4.78, 5) is 39.5. The highest BCUT2D eigenvalue weighted by Gasteiger charge is 2.49. The number of fused-ring (bicyclic) bond motifs is 2. The molecule has 0 radical (unpaired) electrons. The van der Waals surface area contributed by atoms with Gasteiger partial charge in [0, 0.05) is 80.2 Å². The maximum Gasteiger partial charge on any atom is 0.318 e. The molecule has 2 aliphatic heterocycles. The number of aromatic nitrogens is 4. The van der Waals surface area contributed by atoms with E-state index in [0.717, 1.165) is 49.0 Å². The van der Waals surface area contributed by atoms with E-state index in [4.69, 9.17) is 37.7 Å². The fourth-order valence-corrected chi connectivity index (χ4v) is 8.58. The van der Waals surface area contributed by atoms with E-state index >= 15 is 0 Å². The molecule has 14 heteroatoms. The fraction of sp³-hybridized carbons (Fsp3) is 0.342. The van der Waals surface area contributed by atoms with Crippen LogP contribution in [0.1, 0.15) is 30.0 Å². The van der Waals surface area contributed by atoms with E-state index < -0.39 is 0 Å². The van der Waals surface area contributed by atoms with Gasteiger partial charge < -0.3 is 25.0 Å². The highest BCUT2D eigenvalue weighted by atomic mass is 35.5. The molecule has 0 saturated carbocycles. The van der Waals surface area contributed by atoms with Crippen LogP contribution in [0.5, 0.6) is 5.88 Å². The molecule has 2 fully saturated rings. The minimum atomic E-state index is -0.268. The fourth-order valence-electron chi connectivity index (χ4n) is 7.98. The lowest BCUT2D eigenvalue weighted by molar-refractivity contribution is 0.158. The largest absolute Gasteiger partial charge is 0.481 e. The summed E-state index contributed by atoms with van der Waals surface area (Å²) in [6.45, 7) is 3.42. The second-order valence-corrected chi connectivity index (χ2v) is 14.4. The van der Waals surface area contributed by atoms with Gasteiger partial charge in [-0.2, -0.15) is 5.10 Å². The van der Waals surface area contributed by atoms with Crippen LogP contribution in [0.25, 0.3) is 33.2 Å². The number of hydrogen-bond acceptors (Lipinski definition) is 9. The van der Waals surface area contributed by atoms with E-state index in [9.17, 15) is 9.59 Å². The van der Waals surface area contributed by atoms with Crippen molar-refractivity contribution in [3.05, 3.63) is 92.5 Å². The minimum absolute atomic E-state index is 0.0234. The van der Waals surface area contributed by atoms with Crippen molar-refractivity contribution in [3.8, 4) is 28.3 Å². The van der Waals surface area contributed by atoms with Crippen LogP contribution >= 0.6 is 23.2 Å². The number of rotatable bonds is 9. The highest BCUT2D eigenvalue weighted by Crippen LogP contribution is 2.47. The number of likely N-dealkylation sites (tertiary alicyclic amines) is 1. The Morgan fingerprint density at radius 2 is 1.83 bits per heavy atom. The molecule has 3 aromatic heterocycles. The molecule has 2 atom stereocenters. The molecule has 12 nitrogen and oxygen atoms in total. The smallest absolute Gasteiger partial charge is 0.318 e. The molecule has 268 valence electrons. The molecule has 1 aliphatic carbocycles. The maximum absolute atomic E-state index is 13.0. The molecule has 52 heavy (non-hydrogen) atoms. The number of carbonyl (C=O) groups excluding carboxylic acids is 1. The van der Waals surface area contributed by atoms with Crippen molar-refractivity contribution in [3.63, 3.8) is 0 Å². The second-order valence-electron chi connectivity index (χ2n) is 13.6. The molecular formula is C38H38Cl2N8O4. The molecule has 2 aromatic carbocycles. The van der Waals surface area contributed by atoms with Crippen molar-refractivity contribution >= 4 is 51.5 Å². The number of ether oxygens (including phenoxy) is 2. The number of aryl methyl sites for hydroxylation is 2. The Morgan fingerprint density at radius 3 is 2.63 bits per heavy atom. The lowest BCUT2D eigenvalue weighted by Crippen LogP contribution is -2.46. The topological polar surface area (TPSA) is 127 Å². The van der Waals surface area contributed by atoms with Crippen LogP contribution in [-0.2, 0) is 18.2 Å². The van der Waals surface area contributed by atoms with Crippen LogP contribution in [0.3, 0.4) is 0 Å². The molecule has 3 aliphatic rings. The van der Waals surface area contributed by atoms with E-state index in [2.05, 4.69) is 31.7 Å². The van der Waals surface area contributed by atoms with Gasteiger partial charge in [-0.25, -0.2) is 19.4 Å². The normalized spacial score (nSPS) is 19.8. The van der Waals surface area contributed by atoms with Gasteiger partial charge in [-0.15, -0.1) is 0 Å². The summed E-state index contributed by atoms with van der Waals surface area (Å²) < 4.78 is 12.4. The van der Waals surface area contributed by atoms with Crippen LogP contribution in [0, 0.1) is 0 Å². The third-order valence-electron chi connectivity index (χ3n) is 10.5. The van der Waals surface area contributed by atoms with Crippen LogP contribution in [0.2, 0.25) is 10.0 Å². The molecule has 8 rings (SSSR count). The summed E-state index contributed by atoms with van der Waals surface area (Å²) in [6.07, 6.45) is 5.95. The zero-order valence-corrected chi connectivity index (χ0v) is 30.6. The third kappa shape index (κ3) is 5.93. The molecule has 2 saturated heterocycles. The maximum atomic E-state index is 13.0. The van der Waals surface area contributed by atoms with E-state index in [0.29, 0.717) is 69.2 Å². The van der Waals surface area contributed by atoms with Crippen LogP contribution in [0.4, 0.5) is 16.3 Å². The Kier molecular flexibility index (Phi) is 9.02. The number of carbonyl (C=O) groups is 1. The van der Waals surface area contributed by atoms with Gasteiger partial charge in [0.25, 0.3) is 5.56 Å². The number of amides is 2. The van der Waals surface area contributed by atoms with Crippen molar-refractivity contribution < 1.29 is 14.3 Å². The standard InChI is InChI=1S/C38H38Cl2N8O4/c1-46-36(49)31-23(19-42-46)12-14-41-34(31)43-27-9-5-7-25(33(27)40)24-6-4-8-26(32(24)39)28-18-22-10-11-29(30(22)35(44-28)52-3)47-15-13-38(20-47)21-48(16-17-51-2)37(50)45-38/h4-9,12,14,18-19,29H,10-11,13,15-17,20-21H2,1-3H3,(H,41,43)(H,45,50). The first-order valence-corrected chi connectivity index (χ1v) is 18.0. The van der Waals surface area contributed by atoms with Gasteiger partial charge in [0.05, 0.1) is 52.3 Å². The summed E-state index contributed by atoms with van der Waals surface area (Å²) in [5.74, 6) is 0.969. The number of methoxy groups -OCH3 is 2. The van der Waals surface area contributed by atoms with Crippen molar-refractivity contribution in [2.24, 2.45) is 7.05 Å². The SMILES string of the molecule is COCCN1CC2(CCN(C3CCc4cc(-c5cccc(-c6cccc(Nc7nccc8cnn(C)c(=O)c78)c6Cl)c5Cl)nc(OC)c43)C2)NC1=O. The first-order chi connectivity index (χ1) is 25.2. The third-order valence-corrected chi connectivity index (χ3v) is 11.4. The van der Waals surface area contributed by atoms with Gasteiger partial charge in [0.15, 0.2) is 0 Å². The molecule has 2 N–H and O–H groups in total. The van der Waals surface area contributed by atoms with Crippen LogP contribution in [0.15, 0.2) is 65.7 Å². The van der Waals surface area contributed by atoms with Crippen molar-refractivity contribution in [2.45, 2.75) is 30.8 Å². The number of nitrogens with one attached hydrogen (secondary N) is 2. The van der Waals surface area contributed by atoms with Gasteiger partial charge in [0.1, 0.15) is 5.82 Å². The van der Waals surface area contributed by atoms with Crippen molar-refractivity contribution in [1.82, 2.24) is 34.9 Å². The second kappa shape index (κ2) is 13.7. The Hall–Kier alpha value is -4.75. The number of hydrogen-bond donors (Lipinski definition) is 2. The first-order valence-electron chi connectivity index (χ1n) is 17.2. The van der Waals surface area contributed by atoms with Crippen LogP contribution < -0.4 is 20.9 Å². The van der Waals surface area contributed by atoms with E-state index in [1.54, 1.807) is 39.7 Å². The molecule has 2 unspecified atom stereocenters. The average molecular weight is 742 g/mol. The van der Waals surface area contributed by atoms with Gasteiger partial charge >= 0.3 is 6.03 Å². The summed E-state index contributed by atoms with van der Waals surface area (Å²) >= 11 is 14.3. The molecule has 2 amide bonds. The van der Waals surface area contributed by atoms with Crippen molar-refractivity contribution in [2.75, 3.05) is 52.3 Å². The van der Waals surface area contributed by atoms with E-state index in [1.807, 2.05) is 41.3 Å². The molecular weight excluding hydrogens is 703 g/mol. The Labute approximate surface area is 310 Å². The minimum Gasteiger partial charge on any atom is -0.481 e. The summed E-state index contributed by atoms with van der Waals surface area (Å²) in [5.41, 5.74) is 5.24. The lowest BCUT2D eigenvalue weighted by Gasteiger charge is -2.28. The first kappa shape index (κ1) is 34.3. The predicted molar refractivity (Wildman–Crippen MR) is 202 cm³/mol. The summed E-state index contributed by atoms with van der Waals surface area (Å²) in [7, 11) is 4.91. The van der Waals surface area contributed by atoms with E-state index in [1.165, 1.54) is 10.2 Å². The van der Waals surface area contributed by atoms with Crippen LogP contribution in [-0.4, -0.2) is 88.1 Å². The lowest BCUT2D eigenvalue weighted by atomic mass is 9.99. The highest BCUT2D eigenvalue weighted by molar-refractivity contribution is 6.39. The van der Waals surface area contributed by atoms with E-state index in [-0.39, 0.29) is 23.2 Å². The molecule has 5 aromatic rings. The van der Waals surface area contributed by atoms with Gasteiger partial charge in [-0.1, -0.05) is 53.5 Å². The summed E-state index contributed by atoms with van der Waals surface area (Å²) in [6, 6.07) is 15.4. The predicted octanol–water partition coefficient (Wildman–Crippen LogP) is 6.22. The van der Waals surface area contributed by atoms with Crippen molar-refractivity contribution in [1.29, 1.82) is 0 Å². The number of halogens is 2. The van der Waals surface area contributed by atoms with Gasteiger partial charge in [-0.3, -0.25) is 9.69 Å². The Balaban J connectivity index is 1.08. The summed E-state index contributed by atoms with van der Waals surface area (Å²) in [5, 5.41) is 12.7. The van der Waals surface area contributed by atoms with Gasteiger partial charge in [0.2, 0.25) is 5.88 Å². The molecule has 5 heterocycles.